The second-order valence-electron chi connectivity index (χ2n) is 24.3. The molecule has 0 spiro atoms. The van der Waals surface area contributed by atoms with Gasteiger partial charge in [-0.25, -0.2) is 0 Å². The summed E-state index contributed by atoms with van der Waals surface area (Å²) in [5.41, 5.74) is 0. The lowest BCUT2D eigenvalue weighted by atomic mass is 10.0. The normalized spacial score (nSPS) is 13.5. The van der Waals surface area contributed by atoms with E-state index in [1.54, 1.807) is 0 Å². The van der Waals surface area contributed by atoms with Crippen LogP contribution in [0.25, 0.3) is 0 Å². The first kappa shape index (κ1) is 86.5. The lowest BCUT2D eigenvalue weighted by Crippen LogP contribution is -2.28. The smallest absolute Gasteiger partial charge is 0.306 e. The molecule has 1 N–H and O–H groups in total. The third-order valence-corrected chi connectivity index (χ3v) is 15.6. The molecule has 92 heavy (non-hydrogen) atoms. The van der Waals surface area contributed by atoms with Crippen molar-refractivity contribution in [2.75, 3.05) is 13.2 Å². The standard InChI is InChI=1S/C87H138O5/c1-3-5-7-9-11-13-15-17-19-21-23-25-27-29-31-33-35-37-39-41-42-43-44-46-47-49-51-53-55-57-59-61-63-65-67-69-71-73-75-77-79-81-86(89)91-84-85(83-88)92-87(90)82-80-78-76-74-72-70-68-66-64-62-60-58-56-54-52-50-48-45-40-38-36-34-32-30-28-26-24-22-20-18-16-14-12-10-8-6-4-2/h5-8,11-14,17-20,23-26,29-32,35-38,41-42,45,48,52,54,58,60,64,66,85,88H,3-4,9-10,15-16,21-22,27-28,33-34,39-40,43-44,46-47,49-51,53,55-57,59,61-63,65,67-84H2,1-2H3/b7-5-,8-6-,13-11-,14-12-,19-17-,20-18-,25-23-,26-24-,31-29-,32-30-,37-35-,38-36-,42-41-,48-45-,54-52-,60-58-,66-64-. The van der Waals surface area contributed by atoms with Crippen molar-refractivity contribution < 1.29 is 24.2 Å². The molecule has 0 saturated carbocycles. The van der Waals surface area contributed by atoms with Crippen LogP contribution in [0.3, 0.4) is 0 Å². The Morgan fingerprint density at radius 1 is 0.250 bits per heavy atom. The molecule has 0 aliphatic carbocycles. The molecule has 0 aromatic rings. The minimum atomic E-state index is -0.795. The molecule has 5 nitrogen and oxygen atoms in total. The first-order valence-electron chi connectivity index (χ1n) is 37.6. The number of rotatable bonds is 67. The summed E-state index contributed by atoms with van der Waals surface area (Å²) in [5, 5.41) is 9.72. The number of unbranched alkanes of at least 4 members (excludes halogenated alkanes) is 25. The van der Waals surface area contributed by atoms with Crippen molar-refractivity contribution in [1.82, 2.24) is 0 Å². The molecule has 1 unspecified atom stereocenters. The van der Waals surface area contributed by atoms with E-state index in [1.165, 1.54) is 122 Å². The second-order valence-corrected chi connectivity index (χ2v) is 24.3. The molecule has 0 fully saturated rings. The van der Waals surface area contributed by atoms with Gasteiger partial charge in [-0.3, -0.25) is 9.59 Å². The van der Waals surface area contributed by atoms with Gasteiger partial charge in [0.15, 0.2) is 6.10 Å². The van der Waals surface area contributed by atoms with E-state index in [0.717, 1.165) is 161 Å². The van der Waals surface area contributed by atoms with Crippen molar-refractivity contribution in [2.24, 2.45) is 0 Å². The van der Waals surface area contributed by atoms with Crippen LogP contribution in [0.1, 0.15) is 309 Å². The predicted molar refractivity (Wildman–Crippen MR) is 407 cm³/mol. The molecular weight excluding hydrogens is 1120 g/mol. The van der Waals surface area contributed by atoms with Crippen LogP contribution in [-0.4, -0.2) is 36.4 Å². The van der Waals surface area contributed by atoms with Crippen LogP contribution in [-0.2, 0) is 19.1 Å². The van der Waals surface area contributed by atoms with Gasteiger partial charge in [-0.05, 0) is 148 Å². The van der Waals surface area contributed by atoms with E-state index in [9.17, 15) is 14.7 Å². The zero-order chi connectivity index (χ0) is 66.1. The maximum atomic E-state index is 12.4. The highest BCUT2D eigenvalue weighted by Gasteiger charge is 2.16. The van der Waals surface area contributed by atoms with Crippen molar-refractivity contribution in [3.05, 3.63) is 207 Å². The summed E-state index contributed by atoms with van der Waals surface area (Å²) in [5.74, 6) is -0.611. The number of allylic oxidation sites excluding steroid dienone is 34. The van der Waals surface area contributed by atoms with Crippen LogP contribution in [0.15, 0.2) is 207 Å². The molecule has 0 saturated heterocycles. The number of carbonyl (C=O) groups is 2. The molecule has 0 bridgehead atoms. The third kappa shape index (κ3) is 76.9. The fraction of sp³-hybridized carbons (Fsp3) is 0.586. The fourth-order valence-corrected chi connectivity index (χ4v) is 10.0. The number of ether oxygens (including phenoxy) is 2. The number of hydrogen-bond acceptors (Lipinski definition) is 5. The van der Waals surface area contributed by atoms with Crippen LogP contribution in [0.4, 0.5) is 0 Å². The lowest BCUT2D eigenvalue weighted by Gasteiger charge is -2.15. The van der Waals surface area contributed by atoms with Gasteiger partial charge in [0.2, 0.25) is 0 Å². The van der Waals surface area contributed by atoms with Gasteiger partial charge in [-0.15, -0.1) is 0 Å². The molecule has 5 heteroatoms. The second kappa shape index (κ2) is 79.7. The number of aliphatic hydroxyl groups excluding tert-OH is 1. The van der Waals surface area contributed by atoms with Crippen molar-refractivity contribution in [1.29, 1.82) is 0 Å². The average Bonchev–Trinajstić information content (AvgIpc) is 3.70. The molecule has 0 aromatic carbocycles. The van der Waals surface area contributed by atoms with E-state index < -0.39 is 6.10 Å². The highest BCUT2D eigenvalue weighted by molar-refractivity contribution is 5.70. The lowest BCUT2D eigenvalue weighted by molar-refractivity contribution is -0.161. The minimum Gasteiger partial charge on any atom is -0.462 e. The van der Waals surface area contributed by atoms with Gasteiger partial charge in [-0.2, -0.15) is 0 Å². The molecule has 1 atom stereocenters. The Balaban J connectivity index is 3.56. The van der Waals surface area contributed by atoms with E-state index in [0.29, 0.717) is 12.8 Å². The third-order valence-electron chi connectivity index (χ3n) is 15.6. The number of aliphatic hydroxyl groups is 1. The van der Waals surface area contributed by atoms with Gasteiger partial charge in [0.05, 0.1) is 6.61 Å². The van der Waals surface area contributed by atoms with Crippen LogP contribution in [0.2, 0.25) is 0 Å². The zero-order valence-corrected chi connectivity index (χ0v) is 59.2. The van der Waals surface area contributed by atoms with E-state index in [2.05, 4.69) is 220 Å². The topological polar surface area (TPSA) is 72.8 Å². The predicted octanol–water partition coefficient (Wildman–Crippen LogP) is 26.9. The highest BCUT2D eigenvalue weighted by atomic mass is 16.6. The molecule has 0 amide bonds. The van der Waals surface area contributed by atoms with Gasteiger partial charge < -0.3 is 14.6 Å². The van der Waals surface area contributed by atoms with Crippen LogP contribution in [0.5, 0.6) is 0 Å². The number of esters is 2. The zero-order valence-electron chi connectivity index (χ0n) is 59.2. The van der Waals surface area contributed by atoms with Crippen LogP contribution >= 0.6 is 0 Å². The number of carbonyl (C=O) groups excluding carboxylic acids is 2. The maximum Gasteiger partial charge on any atom is 0.306 e. The summed E-state index contributed by atoms with van der Waals surface area (Å²) in [6.45, 7) is 3.91. The van der Waals surface area contributed by atoms with Gasteiger partial charge in [-0.1, -0.05) is 355 Å². The van der Waals surface area contributed by atoms with Crippen molar-refractivity contribution in [2.45, 2.75) is 315 Å². The largest absolute Gasteiger partial charge is 0.462 e. The molecule has 0 aliphatic heterocycles. The Hall–Kier alpha value is -5.52. The minimum absolute atomic E-state index is 0.0812. The quantitative estimate of drug-likeness (QED) is 0.0373. The molecule has 0 aliphatic rings. The summed E-state index contributed by atoms with van der Waals surface area (Å²) in [7, 11) is 0. The van der Waals surface area contributed by atoms with Crippen LogP contribution in [0, 0.1) is 0 Å². The molecule has 516 valence electrons. The molecule has 0 rings (SSSR count). The summed E-state index contributed by atoms with van der Waals surface area (Å²) in [6, 6.07) is 0. The Labute approximate surface area is 568 Å². The summed E-state index contributed by atoms with van der Waals surface area (Å²) < 4.78 is 10.8. The Morgan fingerprint density at radius 2 is 0.435 bits per heavy atom. The van der Waals surface area contributed by atoms with Gasteiger partial charge in [0.25, 0.3) is 0 Å². The SMILES string of the molecule is CC/C=C\C/C=C\C/C=C\C/C=C\C/C=C\C/C=C\C/C=C\C/C=C\C/C=C\C/C=C\CCCCCCCCC(=O)OC(CO)COC(=O)CCCCCCCCCCCCCCCCCCCCC/C=C\C/C=C\C/C=C\C/C=C\C/C=C\C/C=C\C/C=C\CC. The Bertz CT molecular complexity index is 2120. The van der Waals surface area contributed by atoms with E-state index in [4.69, 9.17) is 9.47 Å². The molecule has 0 radical (unpaired) electrons. The van der Waals surface area contributed by atoms with Crippen molar-refractivity contribution in [3.8, 4) is 0 Å². The molecular formula is C87H138O5. The van der Waals surface area contributed by atoms with Crippen molar-refractivity contribution >= 4 is 11.9 Å². The van der Waals surface area contributed by atoms with Gasteiger partial charge in [0.1, 0.15) is 6.61 Å². The Morgan fingerprint density at radius 3 is 0.652 bits per heavy atom. The van der Waals surface area contributed by atoms with Gasteiger partial charge >= 0.3 is 11.9 Å². The molecule has 0 heterocycles. The summed E-state index contributed by atoms with van der Waals surface area (Å²) >= 11 is 0. The van der Waals surface area contributed by atoms with E-state index in [-0.39, 0.29) is 25.2 Å². The summed E-state index contributed by atoms with van der Waals surface area (Å²) in [6.07, 6.45) is 127. The summed E-state index contributed by atoms with van der Waals surface area (Å²) in [4.78, 5) is 24.7. The van der Waals surface area contributed by atoms with Crippen LogP contribution < -0.4 is 0 Å². The fourth-order valence-electron chi connectivity index (χ4n) is 10.0. The monoisotopic (exact) mass is 1260 g/mol. The average molecular weight is 1260 g/mol. The first-order valence-corrected chi connectivity index (χ1v) is 37.6. The molecule has 0 aromatic heterocycles. The van der Waals surface area contributed by atoms with Gasteiger partial charge in [0, 0.05) is 12.8 Å². The number of hydrogen-bond donors (Lipinski definition) is 1. The Kier molecular flexibility index (Phi) is 74.9. The van der Waals surface area contributed by atoms with E-state index in [1.807, 2.05) is 0 Å². The highest BCUT2D eigenvalue weighted by Crippen LogP contribution is 2.17. The maximum absolute atomic E-state index is 12.4. The van der Waals surface area contributed by atoms with E-state index >= 15 is 0 Å². The van der Waals surface area contributed by atoms with Crippen molar-refractivity contribution in [3.63, 3.8) is 0 Å². The first-order chi connectivity index (χ1) is 45.6.